The van der Waals surface area contributed by atoms with Gasteiger partial charge < -0.3 is 9.47 Å². The van der Waals surface area contributed by atoms with Gasteiger partial charge in [0.2, 0.25) is 0 Å². The lowest BCUT2D eigenvalue weighted by atomic mass is 9.95. The summed E-state index contributed by atoms with van der Waals surface area (Å²) >= 11 is 0. The zero-order chi connectivity index (χ0) is 22.0. The van der Waals surface area contributed by atoms with Crippen molar-refractivity contribution in [2.45, 2.75) is 38.7 Å². The molecule has 2 amide bonds. The number of benzene rings is 2. The van der Waals surface area contributed by atoms with Gasteiger partial charge in [-0.25, -0.2) is 0 Å². The van der Waals surface area contributed by atoms with Crippen molar-refractivity contribution >= 4 is 23.5 Å². The van der Waals surface area contributed by atoms with Crippen molar-refractivity contribution < 1.29 is 19.1 Å². The van der Waals surface area contributed by atoms with Crippen molar-refractivity contribution in [3.05, 3.63) is 70.8 Å². The Morgan fingerprint density at radius 2 is 1.71 bits per heavy atom. The van der Waals surface area contributed by atoms with Crippen LogP contribution in [0.3, 0.4) is 0 Å². The first kappa shape index (κ1) is 20.9. The SMILES string of the molecule is COc1ccc(C(C)=C2C(=O)N(C)C(=O)C2=Cc2ccccc2)cc1OC1CCCC1. The Balaban J connectivity index is 1.78. The molecule has 0 unspecified atom stereocenters. The minimum Gasteiger partial charge on any atom is -0.493 e. The average Bonchev–Trinajstić information content (AvgIpc) is 3.37. The Kier molecular flexibility index (Phi) is 5.94. The molecule has 2 fully saturated rings. The largest absolute Gasteiger partial charge is 0.493 e. The molecule has 160 valence electrons. The first-order valence-corrected chi connectivity index (χ1v) is 10.6. The minimum absolute atomic E-state index is 0.187. The van der Waals surface area contributed by atoms with Crippen molar-refractivity contribution in [1.82, 2.24) is 4.90 Å². The summed E-state index contributed by atoms with van der Waals surface area (Å²) in [5, 5.41) is 0. The normalized spacial score (nSPS) is 20.0. The molecule has 1 aliphatic carbocycles. The number of nitrogens with zero attached hydrogens (tertiary/aromatic N) is 1. The molecule has 0 spiro atoms. The first-order valence-electron chi connectivity index (χ1n) is 10.6. The van der Waals surface area contributed by atoms with Crippen molar-refractivity contribution in [3.63, 3.8) is 0 Å². The second-order valence-corrected chi connectivity index (χ2v) is 8.03. The van der Waals surface area contributed by atoms with Gasteiger partial charge in [-0.3, -0.25) is 14.5 Å². The van der Waals surface area contributed by atoms with E-state index in [0.29, 0.717) is 22.6 Å². The summed E-state index contributed by atoms with van der Waals surface area (Å²) < 4.78 is 11.7. The monoisotopic (exact) mass is 417 g/mol. The second kappa shape index (κ2) is 8.80. The Bertz CT molecular complexity index is 1060. The van der Waals surface area contributed by atoms with Crippen molar-refractivity contribution in [3.8, 4) is 11.5 Å². The number of allylic oxidation sites excluding steroid dienone is 1. The van der Waals surface area contributed by atoms with E-state index in [1.54, 1.807) is 13.2 Å². The third kappa shape index (κ3) is 4.13. The molecule has 5 heteroatoms. The van der Waals surface area contributed by atoms with Crippen LogP contribution in [0.4, 0.5) is 0 Å². The van der Waals surface area contributed by atoms with Crippen molar-refractivity contribution in [2.75, 3.05) is 14.2 Å². The highest BCUT2D eigenvalue weighted by atomic mass is 16.5. The fraction of sp³-hybridized carbons (Fsp3) is 0.308. The van der Waals surface area contributed by atoms with Crippen LogP contribution in [0.2, 0.25) is 0 Å². The molecule has 2 aromatic rings. The van der Waals surface area contributed by atoms with Gasteiger partial charge in [-0.05, 0) is 67.5 Å². The summed E-state index contributed by atoms with van der Waals surface area (Å²) in [6, 6.07) is 15.2. The lowest BCUT2D eigenvalue weighted by Crippen LogP contribution is -2.24. The molecule has 1 saturated carbocycles. The van der Waals surface area contributed by atoms with E-state index in [0.717, 1.165) is 29.5 Å². The molecular formula is C26H27NO4. The summed E-state index contributed by atoms with van der Waals surface area (Å²) in [5.74, 6) is 0.753. The van der Waals surface area contributed by atoms with Crippen LogP contribution in [0.1, 0.15) is 43.7 Å². The van der Waals surface area contributed by atoms with E-state index in [-0.39, 0.29) is 17.9 Å². The maximum Gasteiger partial charge on any atom is 0.261 e. The van der Waals surface area contributed by atoms with Crippen molar-refractivity contribution in [1.29, 1.82) is 0 Å². The van der Waals surface area contributed by atoms with Crippen LogP contribution in [0.25, 0.3) is 11.6 Å². The van der Waals surface area contributed by atoms with Crippen LogP contribution in [0.15, 0.2) is 59.7 Å². The number of likely N-dealkylation sites (N-methyl/N-ethyl adjacent to an activating group) is 1. The molecule has 0 bridgehead atoms. The minimum atomic E-state index is -0.293. The van der Waals surface area contributed by atoms with Gasteiger partial charge in [-0.15, -0.1) is 0 Å². The zero-order valence-electron chi connectivity index (χ0n) is 18.2. The highest BCUT2D eigenvalue weighted by molar-refractivity contribution is 6.29. The molecule has 0 radical (unpaired) electrons. The number of methoxy groups -OCH3 is 1. The molecule has 0 N–H and O–H groups in total. The fourth-order valence-corrected chi connectivity index (χ4v) is 4.21. The van der Waals surface area contributed by atoms with E-state index in [2.05, 4.69) is 0 Å². The lowest BCUT2D eigenvalue weighted by molar-refractivity contribution is -0.134. The Morgan fingerprint density at radius 1 is 1.00 bits per heavy atom. The van der Waals surface area contributed by atoms with Gasteiger partial charge in [0.1, 0.15) is 0 Å². The van der Waals surface area contributed by atoms with Crippen LogP contribution in [0, 0.1) is 0 Å². The quantitative estimate of drug-likeness (QED) is 0.514. The van der Waals surface area contributed by atoms with Gasteiger partial charge in [0, 0.05) is 7.05 Å². The predicted octanol–water partition coefficient (Wildman–Crippen LogP) is 4.87. The zero-order valence-corrected chi connectivity index (χ0v) is 18.2. The third-order valence-corrected chi connectivity index (χ3v) is 6.00. The Hall–Kier alpha value is -3.34. The second-order valence-electron chi connectivity index (χ2n) is 8.03. The van der Waals surface area contributed by atoms with Crippen LogP contribution >= 0.6 is 0 Å². The topological polar surface area (TPSA) is 55.8 Å². The molecule has 2 aliphatic rings. The van der Waals surface area contributed by atoms with Crippen LogP contribution in [0.5, 0.6) is 11.5 Å². The molecule has 1 saturated heterocycles. The Labute approximate surface area is 183 Å². The molecular weight excluding hydrogens is 390 g/mol. The van der Waals surface area contributed by atoms with Crippen LogP contribution in [-0.2, 0) is 9.59 Å². The number of hydrogen-bond acceptors (Lipinski definition) is 4. The Morgan fingerprint density at radius 3 is 2.39 bits per heavy atom. The number of carbonyl (C=O) groups excluding carboxylic acids is 2. The molecule has 4 rings (SSSR count). The molecule has 0 aromatic heterocycles. The van der Waals surface area contributed by atoms with Gasteiger partial charge in [0.05, 0.1) is 24.4 Å². The van der Waals surface area contributed by atoms with E-state index in [1.807, 2.05) is 55.5 Å². The van der Waals surface area contributed by atoms with E-state index in [1.165, 1.54) is 24.8 Å². The van der Waals surface area contributed by atoms with Gasteiger partial charge >= 0.3 is 0 Å². The van der Waals surface area contributed by atoms with Gasteiger partial charge in [-0.2, -0.15) is 0 Å². The fourth-order valence-electron chi connectivity index (χ4n) is 4.21. The van der Waals surface area contributed by atoms with E-state index in [4.69, 9.17) is 9.47 Å². The number of likely N-dealkylation sites (tertiary alicyclic amines) is 1. The standard InChI is InChI=1S/C26H27NO4/c1-17(19-13-14-22(30-3)23(16-19)31-20-11-7-8-12-20)24-21(25(28)27(2)26(24)29)15-18-9-5-4-6-10-18/h4-6,9-10,13-16,20H,7-8,11-12H2,1-3H3. The van der Waals surface area contributed by atoms with Crippen LogP contribution < -0.4 is 9.47 Å². The maximum atomic E-state index is 13.0. The maximum absolute atomic E-state index is 13.0. The molecule has 5 nitrogen and oxygen atoms in total. The number of hydrogen-bond donors (Lipinski definition) is 0. The molecule has 0 atom stereocenters. The van der Waals surface area contributed by atoms with E-state index >= 15 is 0 Å². The van der Waals surface area contributed by atoms with Crippen LogP contribution in [-0.4, -0.2) is 37.0 Å². The smallest absolute Gasteiger partial charge is 0.261 e. The van der Waals surface area contributed by atoms with Gasteiger partial charge in [0.15, 0.2) is 11.5 Å². The number of rotatable bonds is 5. The first-order chi connectivity index (χ1) is 15.0. The summed E-state index contributed by atoms with van der Waals surface area (Å²) in [5.41, 5.74) is 3.28. The molecule has 31 heavy (non-hydrogen) atoms. The number of imide groups is 1. The number of amides is 2. The highest BCUT2D eigenvalue weighted by Gasteiger charge is 2.37. The molecule has 1 aliphatic heterocycles. The number of carbonyl (C=O) groups is 2. The summed E-state index contributed by atoms with van der Waals surface area (Å²) in [7, 11) is 3.14. The summed E-state index contributed by atoms with van der Waals surface area (Å²) in [6.45, 7) is 1.87. The average molecular weight is 418 g/mol. The number of ether oxygens (including phenoxy) is 2. The summed E-state index contributed by atoms with van der Waals surface area (Å²) in [6.07, 6.45) is 6.39. The molecule has 2 aromatic carbocycles. The lowest BCUT2D eigenvalue weighted by Gasteiger charge is -2.17. The highest BCUT2D eigenvalue weighted by Crippen LogP contribution is 2.37. The molecule has 1 heterocycles. The predicted molar refractivity (Wildman–Crippen MR) is 121 cm³/mol. The van der Waals surface area contributed by atoms with Gasteiger partial charge in [0.25, 0.3) is 11.8 Å². The van der Waals surface area contributed by atoms with Gasteiger partial charge in [-0.1, -0.05) is 36.4 Å². The van der Waals surface area contributed by atoms with Crippen molar-refractivity contribution in [2.24, 2.45) is 0 Å². The third-order valence-electron chi connectivity index (χ3n) is 6.00. The summed E-state index contributed by atoms with van der Waals surface area (Å²) in [4.78, 5) is 27.0. The van der Waals surface area contributed by atoms with E-state index < -0.39 is 0 Å². The van der Waals surface area contributed by atoms with E-state index in [9.17, 15) is 9.59 Å².